The van der Waals surface area contributed by atoms with Gasteiger partial charge in [-0.3, -0.25) is 0 Å². The summed E-state index contributed by atoms with van der Waals surface area (Å²) in [6.07, 6.45) is 2.33. The van der Waals surface area contributed by atoms with Crippen LogP contribution in [0.2, 0.25) is 0 Å². The quantitative estimate of drug-likeness (QED) is 0.508. The second kappa shape index (κ2) is 1.94. The zero-order valence-corrected chi connectivity index (χ0v) is 5.29. The number of hydrogen-bond donors (Lipinski definition) is 1. The van der Waals surface area contributed by atoms with Crippen LogP contribution in [0.1, 0.15) is 12.8 Å². The Morgan fingerprint density at radius 2 is 2.33 bits per heavy atom. The fraction of sp³-hybridized carbons (Fsp3) is 1.00. The Balaban J connectivity index is 2.07. The Labute approximate surface area is 54.2 Å². The summed E-state index contributed by atoms with van der Waals surface area (Å²) in [5.74, 6) is 0. The maximum Gasteiger partial charge on any atom is 0.0767 e. The molecule has 2 unspecified atom stereocenters. The Kier molecular flexibility index (Phi) is 1.22. The van der Waals surface area contributed by atoms with Crippen molar-refractivity contribution in [1.82, 2.24) is 5.06 Å². The molecule has 2 heterocycles. The smallest absolute Gasteiger partial charge is 0.0767 e. The van der Waals surface area contributed by atoms with Crippen LogP contribution in [0.5, 0.6) is 0 Å². The monoisotopic (exact) mass is 129 g/mol. The number of rotatable bonds is 0. The summed E-state index contributed by atoms with van der Waals surface area (Å²) in [4.78, 5) is 0. The Bertz CT molecular complexity index is 118. The van der Waals surface area contributed by atoms with Crippen LogP contribution in [0.15, 0.2) is 0 Å². The van der Waals surface area contributed by atoms with Gasteiger partial charge in [0.25, 0.3) is 0 Å². The molecule has 0 saturated carbocycles. The highest BCUT2D eigenvalue weighted by molar-refractivity contribution is 4.87. The Morgan fingerprint density at radius 3 is 3.11 bits per heavy atom. The van der Waals surface area contributed by atoms with Gasteiger partial charge in [-0.05, 0) is 12.8 Å². The summed E-state index contributed by atoms with van der Waals surface area (Å²) in [6, 6.07) is 0.310. The molecular weight excluding hydrogens is 118 g/mol. The van der Waals surface area contributed by atoms with Crippen LogP contribution < -0.4 is 0 Å². The molecule has 0 radical (unpaired) electrons. The van der Waals surface area contributed by atoms with Crippen LogP contribution in [-0.2, 0) is 4.74 Å². The maximum absolute atomic E-state index is 9.15. The molecule has 0 spiro atoms. The molecule has 3 nitrogen and oxygen atoms in total. The van der Waals surface area contributed by atoms with Crippen LogP contribution in [-0.4, -0.2) is 35.6 Å². The summed E-state index contributed by atoms with van der Waals surface area (Å²) >= 11 is 0. The lowest BCUT2D eigenvalue weighted by Gasteiger charge is -2.13. The van der Waals surface area contributed by atoms with Crippen LogP contribution in [0.4, 0.5) is 0 Å². The second-order valence-electron chi connectivity index (χ2n) is 2.72. The molecule has 3 heteroatoms. The van der Waals surface area contributed by atoms with Crippen LogP contribution in [0.3, 0.4) is 0 Å². The van der Waals surface area contributed by atoms with E-state index in [0.717, 1.165) is 26.0 Å². The fourth-order valence-corrected chi connectivity index (χ4v) is 1.68. The van der Waals surface area contributed by atoms with Crippen molar-refractivity contribution >= 4 is 0 Å². The van der Waals surface area contributed by atoms with E-state index >= 15 is 0 Å². The first-order valence-corrected chi connectivity index (χ1v) is 3.45. The third-order valence-electron chi connectivity index (χ3n) is 2.20. The van der Waals surface area contributed by atoms with E-state index in [2.05, 4.69) is 0 Å². The maximum atomic E-state index is 9.15. The highest BCUT2D eigenvalue weighted by Crippen LogP contribution is 2.26. The van der Waals surface area contributed by atoms with E-state index in [4.69, 9.17) is 9.94 Å². The van der Waals surface area contributed by atoms with Crippen LogP contribution in [0.25, 0.3) is 0 Å². The van der Waals surface area contributed by atoms with Crippen molar-refractivity contribution in [3.63, 3.8) is 0 Å². The van der Waals surface area contributed by atoms with Gasteiger partial charge in [-0.25, -0.2) is 0 Å². The van der Waals surface area contributed by atoms with Gasteiger partial charge in [0.15, 0.2) is 0 Å². The topological polar surface area (TPSA) is 32.7 Å². The van der Waals surface area contributed by atoms with Crippen molar-refractivity contribution < 1.29 is 9.94 Å². The van der Waals surface area contributed by atoms with Crippen LogP contribution >= 0.6 is 0 Å². The minimum atomic E-state index is 0.310. The van der Waals surface area contributed by atoms with Gasteiger partial charge in [0.1, 0.15) is 0 Å². The van der Waals surface area contributed by atoms with Gasteiger partial charge < -0.3 is 9.94 Å². The third kappa shape index (κ3) is 0.764. The molecule has 2 rings (SSSR count). The number of nitrogens with zero attached hydrogens (tertiary/aromatic N) is 1. The van der Waals surface area contributed by atoms with Crippen molar-refractivity contribution in [2.75, 3.05) is 13.2 Å². The lowest BCUT2D eigenvalue weighted by atomic mass is 10.2. The number of hydroxylamine groups is 2. The SMILES string of the molecule is ON1CCC2OCCC21. The molecule has 2 saturated heterocycles. The fourth-order valence-electron chi connectivity index (χ4n) is 1.68. The van der Waals surface area contributed by atoms with E-state index in [0.29, 0.717) is 12.1 Å². The van der Waals surface area contributed by atoms with E-state index in [9.17, 15) is 0 Å². The van der Waals surface area contributed by atoms with Gasteiger partial charge in [-0.1, -0.05) is 0 Å². The lowest BCUT2D eigenvalue weighted by Crippen LogP contribution is -2.28. The number of hydrogen-bond acceptors (Lipinski definition) is 3. The van der Waals surface area contributed by atoms with Crippen molar-refractivity contribution in [2.24, 2.45) is 0 Å². The first-order chi connectivity index (χ1) is 4.38. The number of ether oxygens (including phenoxy) is 1. The molecule has 0 aromatic carbocycles. The molecule has 0 aromatic rings. The Hall–Kier alpha value is -0.120. The van der Waals surface area contributed by atoms with Gasteiger partial charge in [-0.2, -0.15) is 5.06 Å². The molecule has 2 aliphatic heterocycles. The first-order valence-electron chi connectivity index (χ1n) is 3.45. The molecule has 0 aromatic heterocycles. The zero-order valence-electron chi connectivity index (χ0n) is 5.29. The van der Waals surface area contributed by atoms with Crippen LogP contribution in [0, 0.1) is 0 Å². The summed E-state index contributed by atoms with van der Waals surface area (Å²) in [7, 11) is 0. The summed E-state index contributed by atoms with van der Waals surface area (Å²) in [5, 5.41) is 10.6. The summed E-state index contributed by atoms with van der Waals surface area (Å²) in [5.41, 5.74) is 0. The van der Waals surface area contributed by atoms with Crippen molar-refractivity contribution in [3.8, 4) is 0 Å². The lowest BCUT2D eigenvalue weighted by molar-refractivity contribution is -0.104. The molecule has 2 atom stereocenters. The minimum Gasteiger partial charge on any atom is -0.376 e. The molecule has 2 fully saturated rings. The molecule has 9 heavy (non-hydrogen) atoms. The van der Waals surface area contributed by atoms with Gasteiger partial charge in [0.2, 0.25) is 0 Å². The molecular formula is C6H11NO2. The summed E-state index contributed by atoms with van der Waals surface area (Å²) < 4.78 is 5.35. The number of fused-ring (bicyclic) bond motifs is 1. The van der Waals surface area contributed by atoms with Gasteiger partial charge in [0.05, 0.1) is 12.1 Å². The van der Waals surface area contributed by atoms with E-state index in [-0.39, 0.29) is 0 Å². The van der Waals surface area contributed by atoms with E-state index in [1.54, 1.807) is 0 Å². The normalized spacial score (nSPS) is 43.7. The van der Waals surface area contributed by atoms with Crippen molar-refractivity contribution in [3.05, 3.63) is 0 Å². The third-order valence-corrected chi connectivity index (χ3v) is 2.20. The standard InChI is InChI=1S/C6H11NO2/c8-7-3-1-6-5(7)2-4-9-6/h5-6,8H,1-4H2. The minimum absolute atomic E-state index is 0.310. The highest BCUT2D eigenvalue weighted by atomic mass is 16.5. The predicted molar refractivity (Wildman–Crippen MR) is 31.3 cm³/mol. The van der Waals surface area contributed by atoms with Gasteiger partial charge in [0, 0.05) is 13.2 Å². The Morgan fingerprint density at radius 1 is 1.44 bits per heavy atom. The average molecular weight is 129 g/mol. The van der Waals surface area contributed by atoms with Gasteiger partial charge in [-0.15, -0.1) is 0 Å². The average Bonchev–Trinajstić information content (AvgIpc) is 2.35. The molecule has 0 aliphatic carbocycles. The largest absolute Gasteiger partial charge is 0.376 e. The second-order valence-corrected chi connectivity index (χ2v) is 2.72. The highest BCUT2D eigenvalue weighted by Gasteiger charge is 2.37. The molecule has 1 N–H and O–H groups in total. The van der Waals surface area contributed by atoms with Crippen molar-refractivity contribution in [1.29, 1.82) is 0 Å². The van der Waals surface area contributed by atoms with Crippen molar-refractivity contribution in [2.45, 2.75) is 25.0 Å². The van der Waals surface area contributed by atoms with Gasteiger partial charge >= 0.3 is 0 Å². The summed E-state index contributed by atoms with van der Waals surface area (Å²) in [6.45, 7) is 1.61. The molecule has 0 bridgehead atoms. The first kappa shape index (κ1) is 5.65. The van der Waals surface area contributed by atoms with E-state index < -0.39 is 0 Å². The predicted octanol–water partition coefficient (Wildman–Crippen LogP) is 0.239. The van der Waals surface area contributed by atoms with E-state index in [1.165, 1.54) is 5.06 Å². The molecule has 52 valence electrons. The molecule has 2 aliphatic rings. The van der Waals surface area contributed by atoms with E-state index in [1.807, 2.05) is 0 Å². The molecule has 0 amide bonds. The zero-order chi connectivity index (χ0) is 6.27.